The summed E-state index contributed by atoms with van der Waals surface area (Å²) >= 11 is 0. The zero-order chi connectivity index (χ0) is 19.6. The number of benzene rings is 1. The minimum Gasteiger partial charge on any atom is -0.353 e. The van der Waals surface area contributed by atoms with E-state index in [1.54, 1.807) is 24.3 Å². The van der Waals surface area contributed by atoms with Crippen molar-refractivity contribution in [3.63, 3.8) is 0 Å². The van der Waals surface area contributed by atoms with Crippen LogP contribution in [0.5, 0.6) is 0 Å². The molecule has 146 valence electrons. The Bertz CT molecular complexity index is 703. The topological polar surface area (TPSA) is 73.0 Å². The third-order valence-corrected chi connectivity index (χ3v) is 5.57. The highest BCUT2D eigenvalue weighted by Gasteiger charge is 2.36. The van der Waals surface area contributed by atoms with Gasteiger partial charge in [-0.3, -0.25) is 24.2 Å². The van der Waals surface area contributed by atoms with Crippen molar-refractivity contribution in [2.45, 2.75) is 26.3 Å². The van der Waals surface area contributed by atoms with Crippen LogP contribution in [-0.4, -0.2) is 83.8 Å². The smallest absolute Gasteiger partial charge is 0.262 e. The van der Waals surface area contributed by atoms with Crippen LogP contribution in [0.4, 0.5) is 0 Å². The lowest BCUT2D eigenvalue weighted by Gasteiger charge is -2.44. The summed E-state index contributed by atoms with van der Waals surface area (Å²) in [6.45, 7) is 11.7. The summed E-state index contributed by atoms with van der Waals surface area (Å²) in [6, 6.07) is 6.67. The molecule has 7 heteroatoms. The molecule has 0 aliphatic carbocycles. The number of carbonyl (C=O) groups excluding carboxylic acids is 3. The van der Waals surface area contributed by atoms with Crippen LogP contribution in [-0.2, 0) is 4.79 Å². The summed E-state index contributed by atoms with van der Waals surface area (Å²) in [5, 5.41) is 2.90. The molecule has 0 saturated carbocycles. The number of carbonyl (C=O) groups is 3. The summed E-state index contributed by atoms with van der Waals surface area (Å²) in [5.41, 5.74) is 0.547. The lowest BCUT2D eigenvalue weighted by atomic mass is 10.0. The highest BCUT2D eigenvalue weighted by atomic mass is 16.2. The van der Waals surface area contributed by atoms with E-state index in [9.17, 15) is 14.4 Å². The Morgan fingerprint density at radius 2 is 1.59 bits per heavy atom. The largest absolute Gasteiger partial charge is 0.353 e. The van der Waals surface area contributed by atoms with Crippen molar-refractivity contribution in [3.8, 4) is 0 Å². The minimum atomic E-state index is -0.402. The van der Waals surface area contributed by atoms with Gasteiger partial charge in [0.15, 0.2) is 0 Å². The molecule has 3 rings (SSSR count). The predicted octanol–water partition coefficient (Wildman–Crippen LogP) is 0.815. The predicted molar refractivity (Wildman–Crippen MR) is 103 cm³/mol. The molecule has 0 radical (unpaired) electrons. The van der Waals surface area contributed by atoms with Crippen molar-refractivity contribution < 1.29 is 14.4 Å². The Morgan fingerprint density at radius 3 is 2.11 bits per heavy atom. The van der Waals surface area contributed by atoms with E-state index in [0.717, 1.165) is 37.6 Å². The lowest BCUT2D eigenvalue weighted by molar-refractivity contribution is -0.122. The van der Waals surface area contributed by atoms with Gasteiger partial charge in [-0.2, -0.15) is 0 Å². The normalized spacial score (nSPS) is 18.7. The molecule has 2 heterocycles. The van der Waals surface area contributed by atoms with Gasteiger partial charge in [0.2, 0.25) is 5.91 Å². The zero-order valence-corrected chi connectivity index (χ0v) is 16.3. The number of nitrogens with zero attached hydrogens (tertiary/aromatic N) is 3. The molecule has 1 aromatic rings. The van der Waals surface area contributed by atoms with Crippen LogP contribution in [0.15, 0.2) is 24.3 Å². The number of fused-ring (bicyclic) bond motifs is 1. The van der Waals surface area contributed by atoms with Gasteiger partial charge >= 0.3 is 0 Å². The van der Waals surface area contributed by atoms with E-state index in [2.05, 4.69) is 35.9 Å². The molecule has 1 fully saturated rings. The SMILES string of the molecule is CCN1CCN(C(C)(C)CNC(=O)CN2C(=O)c3ccccc3C2=O)CC1. The maximum atomic E-state index is 12.4. The van der Waals surface area contributed by atoms with Gasteiger partial charge in [-0.25, -0.2) is 0 Å². The molecule has 2 aliphatic heterocycles. The highest BCUT2D eigenvalue weighted by molar-refractivity contribution is 6.22. The van der Waals surface area contributed by atoms with Gasteiger partial charge in [0.05, 0.1) is 11.1 Å². The molecule has 0 bridgehead atoms. The number of nitrogens with one attached hydrogen (secondary N) is 1. The average Bonchev–Trinajstić information content (AvgIpc) is 2.92. The molecule has 0 spiro atoms. The molecule has 1 N–H and O–H groups in total. The van der Waals surface area contributed by atoms with Gasteiger partial charge in [-0.15, -0.1) is 0 Å². The Labute approximate surface area is 160 Å². The van der Waals surface area contributed by atoms with Crippen molar-refractivity contribution in [1.82, 2.24) is 20.0 Å². The summed E-state index contributed by atoms with van der Waals surface area (Å²) < 4.78 is 0. The van der Waals surface area contributed by atoms with E-state index in [1.165, 1.54) is 0 Å². The highest BCUT2D eigenvalue weighted by Crippen LogP contribution is 2.22. The first-order valence-electron chi connectivity index (χ1n) is 9.53. The summed E-state index contributed by atoms with van der Waals surface area (Å²) in [4.78, 5) is 42.9. The van der Waals surface area contributed by atoms with Gasteiger partial charge in [0.1, 0.15) is 6.54 Å². The minimum absolute atomic E-state index is 0.183. The number of amides is 3. The summed E-state index contributed by atoms with van der Waals surface area (Å²) in [5.74, 6) is -1.12. The van der Waals surface area contributed by atoms with Crippen molar-refractivity contribution in [3.05, 3.63) is 35.4 Å². The lowest BCUT2D eigenvalue weighted by Crippen LogP contribution is -2.58. The van der Waals surface area contributed by atoms with Crippen LogP contribution >= 0.6 is 0 Å². The summed E-state index contributed by atoms with van der Waals surface area (Å²) in [7, 11) is 0. The monoisotopic (exact) mass is 372 g/mol. The second-order valence-corrected chi connectivity index (χ2v) is 7.75. The zero-order valence-electron chi connectivity index (χ0n) is 16.3. The van der Waals surface area contributed by atoms with Gasteiger partial charge in [0, 0.05) is 38.3 Å². The van der Waals surface area contributed by atoms with E-state index < -0.39 is 11.8 Å². The molecule has 1 aromatic carbocycles. The first-order valence-corrected chi connectivity index (χ1v) is 9.53. The van der Waals surface area contributed by atoms with Crippen molar-refractivity contribution in [1.29, 1.82) is 0 Å². The Balaban J connectivity index is 1.53. The van der Waals surface area contributed by atoms with Gasteiger partial charge in [-0.1, -0.05) is 19.1 Å². The third-order valence-electron chi connectivity index (χ3n) is 5.57. The maximum absolute atomic E-state index is 12.4. The van der Waals surface area contributed by atoms with E-state index in [0.29, 0.717) is 17.7 Å². The van der Waals surface area contributed by atoms with Crippen LogP contribution in [0.1, 0.15) is 41.5 Å². The molecular weight excluding hydrogens is 344 g/mol. The van der Waals surface area contributed by atoms with E-state index in [1.807, 2.05) is 0 Å². The Kier molecular flexibility index (Phi) is 5.62. The fraction of sp³-hybridized carbons (Fsp3) is 0.550. The number of imide groups is 1. The molecule has 1 saturated heterocycles. The second-order valence-electron chi connectivity index (χ2n) is 7.75. The third kappa shape index (κ3) is 4.04. The van der Waals surface area contributed by atoms with Crippen molar-refractivity contribution in [2.75, 3.05) is 45.8 Å². The second kappa shape index (κ2) is 7.78. The van der Waals surface area contributed by atoms with E-state index >= 15 is 0 Å². The van der Waals surface area contributed by atoms with Crippen LogP contribution < -0.4 is 5.32 Å². The number of likely N-dealkylation sites (N-methyl/N-ethyl adjacent to an activating group) is 1. The molecule has 0 aromatic heterocycles. The Hall–Kier alpha value is -2.25. The fourth-order valence-corrected chi connectivity index (χ4v) is 3.68. The van der Waals surface area contributed by atoms with Crippen molar-refractivity contribution in [2.24, 2.45) is 0 Å². The molecule has 0 atom stereocenters. The van der Waals surface area contributed by atoms with E-state index in [4.69, 9.17) is 0 Å². The Morgan fingerprint density at radius 1 is 1.04 bits per heavy atom. The average molecular weight is 372 g/mol. The van der Waals surface area contributed by atoms with Crippen LogP contribution in [0.3, 0.4) is 0 Å². The summed E-state index contributed by atoms with van der Waals surface area (Å²) in [6.07, 6.45) is 0. The van der Waals surface area contributed by atoms with Gasteiger partial charge in [0.25, 0.3) is 11.8 Å². The fourth-order valence-electron chi connectivity index (χ4n) is 3.68. The molecule has 2 aliphatic rings. The molecule has 0 unspecified atom stereocenters. The number of hydrogen-bond acceptors (Lipinski definition) is 5. The quantitative estimate of drug-likeness (QED) is 0.749. The molecule has 27 heavy (non-hydrogen) atoms. The first kappa shape index (κ1) is 19.5. The van der Waals surface area contributed by atoms with Crippen molar-refractivity contribution >= 4 is 17.7 Å². The number of hydrogen-bond donors (Lipinski definition) is 1. The number of rotatable bonds is 6. The van der Waals surface area contributed by atoms with Gasteiger partial charge < -0.3 is 10.2 Å². The van der Waals surface area contributed by atoms with Crippen LogP contribution in [0.2, 0.25) is 0 Å². The maximum Gasteiger partial charge on any atom is 0.262 e. The van der Waals surface area contributed by atoms with Crippen LogP contribution in [0.25, 0.3) is 0 Å². The molecular formula is C20H28N4O3. The molecule has 7 nitrogen and oxygen atoms in total. The molecule has 3 amide bonds. The van der Waals surface area contributed by atoms with E-state index in [-0.39, 0.29) is 18.0 Å². The van der Waals surface area contributed by atoms with Crippen LogP contribution in [0, 0.1) is 0 Å². The first-order chi connectivity index (χ1) is 12.8. The van der Waals surface area contributed by atoms with Gasteiger partial charge in [-0.05, 0) is 32.5 Å². The number of piperazine rings is 1. The standard InChI is InChI=1S/C20H28N4O3/c1-4-22-9-11-23(12-10-22)20(2,3)14-21-17(25)13-24-18(26)15-7-5-6-8-16(15)19(24)27/h5-8H,4,9-14H2,1-3H3,(H,21,25).